The van der Waals surface area contributed by atoms with Crippen LogP contribution in [0.4, 0.5) is 0 Å². The summed E-state index contributed by atoms with van der Waals surface area (Å²) in [6, 6.07) is 14.3. The van der Waals surface area contributed by atoms with Gasteiger partial charge in [-0.2, -0.15) is 0 Å². The monoisotopic (exact) mass is 445 g/mol. The molecule has 0 saturated carbocycles. The summed E-state index contributed by atoms with van der Waals surface area (Å²) in [5.74, 6) is 1.61. The van der Waals surface area contributed by atoms with Gasteiger partial charge >= 0.3 is 0 Å². The predicted octanol–water partition coefficient (Wildman–Crippen LogP) is 5.38. The average molecular weight is 446 g/mol. The van der Waals surface area contributed by atoms with E-state index in [1.807, 2.05) is 43.7 Å². The number of aryl methyl sites for hydroxylation is 1. The number of benzene rings is 1. The lowest BCUT2D eigenvalue weighted by atomic mass is 10.0. The molecule has 164 valence electrons. The second-order valence-electron chi connectivity index (χ2n) is 8.19. The van der Waals surface area contributed by atoms with E-state index in [4.69, 9.17) is 0 Å². The van der Waals surface area contributed by atoms with Crippen molar-refractivity contribution in [1.29, 1.82) is 0 Å². The van der Waals surface area contributed by atoms with Gasteiger partial charge in [0, 0.05) is 47.6 Å². The Morgan fingerprint density at radius 2 is 1.84 bits per heavy atom. The van der Waals surface area contributed by atoms with Crippen LogP contribution in [0.5, 0.6) is 0 Å². The third kappa shape index (κ3) is 4.25. The number of hydrogen-bond acceptors (Lipinski definition) is 5. The van der Waals surface area contributed by atoms with Crippen molar-refractivity contribution in [3.05, 3.63) is 77.4 Å². The Balaban J connectivity index is 1.51. The molecule has 0 aliphatic carbocycles. The number of pyridine rings is 1. The fraction of sp³-hybridized carbons (Fsp3) is 0.280. The van der Waals surface area contributed by atoms with Gasteiger partial charge in [-0.05, 0) is 55.7 Å². The highest BCUT2D eigenvalue weighted by atomic mass is 32.2. The summed E-state index contributed by atoms with van der Waals surface area (Å²) in [6.07, 6.45) is 3.48. The van der Waals surface area contributed by atoms with Crippen LogP contribution in [0.15, 0.2) is 60.0 Å². The van der Waals surface area contributed by atoms with Crippen molar-refractivity contribution in [1.82, 2.24) is 24.3 Å². The number of carbonyl (C=O) groups is 1. The number of aromatic nitrogens is 5. The summed E-state index contributed by atoms with van der Waals surface area (Å²) >= 11 is 1.40. The normalized spacial score (nSPS) is 11.3. The van der Waals surface area contributed by atoms with Crippen LogP contribution in [-0.2, 0) is 7.05 Å². The molecular formula is C25H27N5OS. The highest BCUT2D eigenvalue weighted by molar-refractivity contribution is 7.99. The first-order valence-electron chi connectivity index (χ1n) is 10.6. The van der Waals surface area contributed by atoms with Crippen LogP contribution in [0.25, 0.3) is 17.1 Å². The summed E-state index contributed by atoms with van der Waals surface area (Å²) < 4.78 is 4.04. The standard InChI is InChI=1S/C25H27N5OS/c1-16(2)19-8-10-21(11-9-19)30-17(3)13-22(18(30)4)23(31)15-32-25-28-27-24(29(25)5)20-7-6-12-26-14-20/h6-14,16H,15H2,1-5H3. The lowest BCUT2D eigenvalue weighted by Crippen LogP contribution is -2.06. The van der Waals surface area contributed by atoms with Crippen LogP contribution in [0.1, 0.15) is 47.1 Å². The molecule has 0 aliphatic heterocycles. The fourth-order valence-electron chi connectivity index (χ4n) is 3.85. The summed E-state index contributed by atoms with van der Waals surface area (Å²) in [5.41, 5.74) is 6.03. The predicted molar refractivity (Wildman–Crippen MR) is 129 cm³/mol. The van der Waals surface area contributed by atoms with E-state index in [1.54, 1.807) is 12.4 Å². The topological polar surface area (TPSA) is 65.6 Å². The third-order valence-electron chi connectivity index (χ3n) is 5.64. The van der Waals surface area contributed by atoms with Crippen molar-refractivity contribution in [2.24, 2.45) is 7.05 Å². The van der Waals surface area contributed by atoms with E-state index in [0.717, 1.165) is 34.0 Å². The fourth-order valence-corrected chi connectivity index (χ4v) is 4.64. The van der Waals surface area contributed by atoms with Crippen molar-refractivity contribution in [3.8, 4) is 17.1 Å². The number of Topliss-reactive ketones (excluding diaryl/α,β-unsaturated/α-hetero) is 1. The van der Waals surface area contributed by atoms with Crippen molar-refractivity contribution >= 4 is 17.5 Å². The van der Waals surface area contributed by atoms with Gasteiger partial charge in [0.2, 0.25) is 0 Å². The first-order valence-corrected chi connectivity index (χ1v) is 11.6. The Kier molecular flexibility index (Phi) is 6.28. The molecule has 1 aromatic carbocycles. The Morgan fingerprint density at radius 3 is 2.50 bits per heavy atom. The molecule has 7 heteroatoms. The maximum Gasteiger partial charge on any atom is 0.191 e. The second-order valence-corrected chi connectivity index (χ2v) is 9.13. The Hall–Kier alpha value is -3.19. The molecule has 0 unspecified atom stereocenters. The Bertz CT molecular complexity index is 1240. The van der Waals surface area contributed by atoms with Gasteiger partial charge < -0.3 is 9.13 Å². The lowest BCUT2D eigenvalue weighted by Gasteiger charge is -2.12. The van der Waals surface area contributed by atoms with E-state index in [0.29, 0.717) is 16.8 Å². The van der Waals surface area contributed by atoms with Gasteiger partial charge in [0.1, 0.15) is 0 Å². The van der Waals surface area contributed by atoms with Gasteiger partial charge in [0.15, 0.2) is 16.8 Å². The van der Waals surface area contributed by atoms with Gasteiger partial charge in [-0.1, -0.05) is 37.7 Å². The zero-order valence-electron chi connectivity index (χ0n) is 19.0. The lowest BCUT2D eigenvalue weighted by molar-refractivity contribution is 0.102. The number of hydrogen-bond donors (Lipinski definition) is 0. The molecule has 0 aliphatic rings. The minimum absolute atomic E-state index is 0.0825. The molecule has 0 fully saturated rings. The molecule has 0 radical (unpaired) electrons. The van der Waals surface area contributed by atoms with E-state index >= 15 is 0 Å². The molecule has 0 bridgehead atoms. The Labute approximate surface area is 192 Å². The number of ketones is 1. The quantitative estimate of drug-likeness (QED) is 0.282. The van der Waals surface area contributed by atoms with Crippen LogP contribution in [0, 0.1) is 13.8 Å². The highest BCUT2D eigenvalue weighted by Gasteiger charge is 2.19. The summed E-state index contributed by atoms with van der Waals surface area (Å²) in [4.78, 5) is 17.2. The minimum atomic E-state index is 0.0825. The molecule has 4 rings (SSSR count). The molecule has 3 heterocycles. The van der Waals surface area contributed by atoms with E-state index < -0.39 is 0 Å². The van der Waals surface area contributed by atoms with Crippen LogP contribution >= 0.6 is 11.8 Å². The van der Waals surface area contributed by atoms with Crippen LogP contribution < -0.4 is 0 Å². The van der Waals surface area contributed by atoms with Gasteiger partial charge in [0.25, 0.3) is 0 Å². The van der Waals surface area contributed by atoms with Gasteiger partial charge in [0.05, 0.1) is 5.75 Å². The molecule has 32 heavy (non-hydrogen) atoms. The van der Waals surface area contributed by atoms with Crippen LogP contribution in [0.3, 0.4) is 0 Å². The minimum Gasteiger partial charge on any atom is -0.318 e. The zero-order valence-corrected chi connectivity index (χ0v) is 19.8. The summed E-state index contributed by atoms with van der Waals surface area (Å²) in [6.45, 7) is 8.42. The van der Waals surface area contributed by atoms with Crippen molar-refractivity contribution in [3.63, 3.8) is 0 Å². The highest BCUT2D eigenvalue weighted by Crippen LogP contribution is 2.26. The maximum atomic E-state index is 13.1. The SMILES string of the molecule is Cc1cc(C(=O)CSc2nnc(-c3cccnc3)n2C)c(C)n1-c1ccc(C(C)C)cc1. The van der Waals surface area contributed by atoms with Crippen LogP contribution in [-0.4, -0.2) is 35.9 Å². The molecule has 4 aromatic rings. The molecule has 0 atom stereocenters. The van der Waals surface area contributed by atoms with Crippen molar-refractivity contribution in [2.45, 2.75) is 38.8 Å². The third-order valence-corrected chi connectivity index (χ3v) is 6.66. The number of rotatable bonds is 7. The van der Waals surface area contributed by atoms with E-state index in [1.165, 1.54) is 17.3 Å². The van der Waals surface area contributed by atoms with Crippen LogP contribution in [0.2, 0.25) is 0 Å². The summed E-state index contributed by atoms with van der Waals surface area (Å²) in [7, 11) is 1.90. The molecule has 6 nitrogen and oxygen atoms in total. The Morgan fingerprint density at radius 1 is 1.09 bits per heavy atom. The average Bonchev–Trinajstić information content (AvgIpc) is 3.31. The van der Waals surface area contributed by atoms with Crippen molar-refractivity contribution < 1.29 is 4.79 Å². The smallest absolute Gasteiger partial charge is 0.191 e. The number of carbonyl (C=O) groups excluding carboxylic acids is 1. The van der Waals surface area contributed by atoms with E-state index in [-0.39, 0.29) is 5.78 Å². The molecule has 0 spiro atoms. The summed E-state index contributed by atoms with van der Waals surface area (Å²) in [5, 5.41) is 9.24. The van der Waals surface area contributed by atoms with Gasteiger partial charge in [-0.25, -0.2) is 0 Å². The first kappa shape index (κ1) is 22.0. The van der Waals surface area contributed by atoms with E-state index in [9.17, 15) is 4.79 Å². The molecule has 0 saturated heterocycles. The van der Waals surface area contributed by atoms with Crippen molar-refractivity contribution in [2.75, 3.05) is 5.75 Å². The number of thioether (sulfide) groups is 1. The molecule has 0 N–H and O–H groups in total. The molecular weight excluding hydrogens is 418 g/mol. The zero-order chi connectivity index (χ0) is 22.8. The molecule has 3 aromatic heterocycles. The van der Waals surface area contributed by atoms with Gasteiger partial charge in [-0.15, -0.1) is 10.2 Å². The second kappa shape index (κ2) is 9.12. The first-order chi connectivity index (χ1) is 15.4. The molecule has 0 amide bonds. The van der Waals surface area contributed by atoms with E-state index in [2.05, 4.69) is 57.9 Å². The maximum absolute atomic E-state index is 13.1. The largest absolute Gasteiger partial charge is 0.318 e. The number of nitrogens with zero attached hydrogens (tertiary/aromatic N) is 5. The van der Waals surface area contributed by atoms with Gasteiger partial charge in [-0.3, -0.25) is 9.78 Å².